The molecule has 2 aromatic heterocycles. The van der Waals surface area contributed by atoms with Gasteiger partial charge < -0.3 is 9.42 Å². The highest BCUT2D eigenvalue weighted by atomic mass is 16.5. The number of amides is 1. The molecular formula is C21H19N5O2. The zero-order valence-electron chi connectivity index (χ0n) is 15.4. The fourth-order valence-corrected chi connectivity index (χ4v) is 3.78. The molecule has 5 rings (SSSR count). The van der Waals surface area contributed by atoms with E-state index in [-0.39, 0.29) is 11.8 Å². The van der Waals surface area contributed by atoms with Crippen LogP contribution >= 0.6 is 0 Å². The first kappa shape index (κ1) is 16.7. The molecule has 1 amide bonds. The van der Waals surface area contributed by atoms with Gasteiger partial charge in [0.2, 0.25) is 0 Å². The highest BCUT2D eigenvalue weighted by molar-refractivity contribution is 6.04. The van der Waals surface area contributed by atoms with Crippen molar-refractivity contribution in [1.29, 1.82) is 0 Å². The van der Waals surface area contributed by atoms with Crippen LogP contribution in [0.3, 0.4) is 0 Å². The average Bonchev–Trinajstić information content (AvgIpc) is 3.47. The molecule has 1 fully saturated rings. The standard InChI is InChI=1S/C21H19N5O2/c1-25-17-10-6-5-9-16(17)18(23-25)21(27)26-12-11-15(13-26)19-22-20(28-24-19)14-7-3-2-4-8-14/h2-10,15H,11-13H2,1H3. The van der Waals surface area contributed by atoms with Gasteiger partial charge in [-0.2, -0.15) is 10.1 Å². The number of aryl methyl sites for hydroxylation is 1. The van der Waals surface area contributed by atoms with Crippen molar-refractivity contribution in [2.45, 2.75) is 12.3 Å². The lowest BCUT2D eigenvalue weighted by molar-refractivity contribution is 0.0785. The van der Waals surface area contributed by atoms with Crippen molar-refractivity contribution in [2.24, 2.45) is 7.05 Å². The van der Waals surface area contributed by atoms with Gasteiger partial charge >= 0.3 is 0 Å². The number of rotatable bonds is 3. The van der Waals surface area contributed by atoms with E-state index in [1.807, 2.05) is 66.5 Å². The summed E-state index contributed by atoms with van der Waals surface area (Å²) < 4.78 is 7.18. The maximum atomic E-state index is 13.1. The summed E-state index contributed by atoms with van der Waals surface area (Å²) in [7, 11) is 1.86. The Morgan fingerprint density at radius 2 is 1.89 bits per heavy atom. The third-order valence-corrected chi connectivity index (χ3v) is 5.26. The number of aromatic nitrogens is 4. The summed E-state index contributed by atoms with van der Waals surface area (Å²) in [4.78, 5) is 19.4. The quantitative estimate of drug-likeness (QED) is 0.551. The molecule has 28 heavy (non-hydrogen) atoms. The molecule has 7 heteroatoms. The number of likely N-dealkylation sites (tertiary alicyclic amines) is 1. The Morgan fingerprint density at radius 3 is 2.75 bits per heavy atom. The topological polar surface area (TPSA) is 77.0 Å². The Bertz CT molecular complexity index is 1150. The van der Waals surface area contributed by atoms with Gasteiger partial charge in [0.15, 0.2) is 11.5 Å². The molecular weight excluding hydrogens is 354 g/mol. The van der Waals surface area contributed by atoms with Crippen LogP contribution in [-0.2, 0) is 7.05 Å². The minimum Gasteiger partial charge on any atom is -0.336 e. The van der Waals surface area contributed by atoms with Gasteiger partial charge in [0.25, 0.3) is 11.8 Å². The van der Waals surface area contributed by atoms with Crippen LogP contribution in [0.2, 0.25) is 0 Å². The van der Waals surface area contributed by atoms with E-state index >= 15 is 0 Å². The summed E-state index contributed by atoms with van der Waals surface area (Å²) in [5.74, 6) is 1.18. The lowest BCUT2D eigenvalue weighted by atomic mass is 10.1. The average molecular weight is 373 g/mol. The maximum absolute atomic E-state index is 13.1. The third kappa shape index (κ3) is 2.76. The minimum absolute atomic E-state index is 0.0499. The van der Waals surface area contributed by atoms with Crippen LogP contribution in [0.15, 0.2) is 59.1 Å². The summed E-state index contributed by atoms with van der Waals surface area (Å²) in [6.45, 7) is 1.22. The third-order valence-electron chi connectivity index (χ3n) is 5.26. The summed E-state index contributed by atoms with van der Waals surface area (Å²) in [6.07, 6.45) is 0.810. The van der Waals surface area contributed by atoms with Gasteiger partial charge in [-0.25, -0.2) is 0 Å². The lowest BCUT2D eigenvalue weighted by Gasteiger charge is -2.14. The van der Waals surface area contributed by atoms with Crippen LogP contribution in [0, 0.1) is 0 Å². The summed E-state index contributed by atoms with van der Waals surface area (Å²) in [5.41, 5.74) is 2.34. The van der Waals surface area contributed by atoms with E-state index in [0.29, 0.717) is 30.5 Å². The van der Waals surface area contributed by atoms with E-state index in [4.69, 9.17) is 4.52 Å². The van der Waals surface area contributed by atoms with Crippen molar-refractivity contribution < 1.29 is 9.32 Å². The Kier molecular flexibility index (Phi) is 3.93. The molecule has 1 unspecified atom stereocenters. The predicted molar refractivity (Wildman–Crippen MR) is 104 cm³/mol. The summed E-state index contributed by atoms with van der Waals surface area (Å²) in [5, 5.41) is 9.48. The van der Waals surface area contributed by atoms with E-state index < -0.39 is 0 Å². The van der Waals surface area contributed by atoms with E-state index in [1.165, 1.54) is 0 Å². The molecule has 0 aliphatic carbocycles. The van der Waals surface area contributed by atoms with Crippen LogP contribution in [0.5, 0.6) is 0 Å². The van der Waals surface area contributed by atoms with Crippen molar-refractivity contribution in [2.75, 3.05) is 13.1 Å². The molecule has 0 N–H and O–H groups in total. The largest absolute Gasteiger partial charge is 0.336 e. The van der Waals surface area contributed by atoms with Gasteiger partial charge in [0.05, 0.1) is 5.52 Å². The van der Waals surface area contributed by atoms with Crippen molar-refractivity contribution in [3.8, 4) is 11.5 Å². The molecule has 1 aliphatic rings. The zero-order chi connectivity index (χ0) is 19.1. The molecule has 140 valence electrons. The molecule has 0 saturated carbocycles. The highest BCUT2D eigenvalue weighted by Gasteiger charge is 2.32. The molecule has 3 heterocycles. The molecule has 0 radical (unpaired) electrons. The highest BCUT2D eigenvalue weighted by Crippen LogP contribution is 2.29. The van der Waals surface area contributed by atoms with Gasteiger partial charge in [-0.1, -0.05) is 41.6 Å². The second-order valence-corrected chi connectivity index (χ2v) is 7.05. The number of fused-ring (bicyclic) bond motifs is 1. The van der Waals surface area contributed by atoms with Crippen LogP contribution in [-0.4, -0.2) is 43.8 Å². The molecule has 2 aromatic carbocycles. The van der Waals surface area contributed by atoms with Gasteiger partial charge in [-0.05, 0) is 24.6 Å². The lowest BCUT2D eigenvalue weighted by Crippen LogP contribution is -2.29. The molecule has 1 saturated heterocycles. The maximum Gasteiger partial charge on any atom is 0.275 e. The van der Waals surface area contributed by atoms with Crippen molar-refractivity contribution in [3.05, 3.63) is 66.1 Å². The van der Waals surface area contributed by atoms with Gasteiger partial charge in [0, 0.05) is 37.0 Å². The number of carbonyl (C=O) groups is 1. The predicted octanol–water partition coefficient (Wildman–Crippen LogP) is 3.25. The second-order valence-electron chi connectivity index (χ2n) is 7.05. The van der Waals surface area contributed by atoms with E-state index in [0.717, 1.165) is 22.9 Å². The molecule has 1 atom stereocenters. The second kappa shape index (κ2) is 6.60. The Morgan fingerprint density at radius 1 is 1.11 bits per heavy atom. The smallest absolute Gasteiger partial charge is 0.275 e. The number of benzene rings is 2. The van der Waals surface area contributed by atoms with E-state index in [9.17, 15) is 4.79 Å². The fourth-order valence-electron chi connectivity index (χ4n) is 3.78. The van der Waals surface area contributed by atoms with Gasteiger partial charge in [0.1, 0.15) is 0 Å². The van der Waals surface area contributed by atoms with E-state index in [2.05, 4.69) is 15.2 Å². The monoisotopic (exact) mass is 373 g/mol. The van der Waals surface area contributed by atoms with Crippen LogP contribution in [0.4, 0.5) is 0 Å². The Hall–Kier alpha value is -3.48. The fraction of sp³-hybridized carbons (Fsp3) is 0.238. The number of para-hydroxylation sites is 1. The first-order valence-corrected chi connectivity index (χ1v) is 9.31. The SMILES string of the molecule is Cn1nc(C(=O)N2CCC(c3noc(-c4ccccc4)n3)C2)c2ccccc21. The minimum atomic E-state index is -0.0499. The number of nitrogens with zero attached hydrogens (tertiary/aromatic N) is 5. The zero-order valence-corrected chi connectivity index (χ0v) is 15.4. The van der Waals surface area contributed by atoms with Crippen molar-refractivity contribution >= 4 is 16.8 Å². The first-order chi connectivity index (χ1) is 13.7. The van der Waals surface area contributed by atoms with Crippen molar-refractivity contribution in [3.63, 3.8) is 0 Å². The first-order valence-electron chi connectivity index (χ1n) is 9.31. The molecule has 0 spiro atoms. The number of hydrogen-bond acceptors (Lipinski definition) is 5. The van der Waals surface area contributed by atoms with E-state index in [1.54, 1.807) is 4.68 Å². The molecule has 7 nitrogen and oxygen atoms in total. The Labute approximate surface area is 161 Å². The van der Waals surface area contributed by atoms with Gasteiger partial charge in [-0.15, -0.1) is 0 Å². The van der Waals surface area contributed by atoms with Crippen LogP contribution in [0.1, 0.15) is 28.7 Å². The summed E-state index contributed by atoms with van der Waals surface area (Å²) in [6, 6.07) is 17.5. The van der Waals surface area contributed by atoms with Gasteiger partial charge in [-0.3, -0.25) is 9.48 Å². The van der Waals surface area contributed by atoms with Crippen LogP contribution in [0.25, 0.3) is 22.4 Å². The molecule has 4 aromatic rings. The Balaban J connectivity index is 1.36. The molecule has 0 bridgehead atoms. The normalized spacial score (nSPS) is 16.8. The van der Waals surface area contributed by atoms with Crippen LogP contribution < -0.4 is 0 Å². The molecule has 1 aliphatic heterocycles. The number of carbonyl (C=O) groups excluding carboxylic acids is 1. The number of hydrogen-bond donors (Lipinski definition) is 0. The van der Waals surface area contributed by atoms with Crippen molar-refractivity contribution in [1.82, 2.24) is 24.8 Å². The summed E-state index contributed by atoms with van der Waals surface area (Å²) >= 11 is 0.